The van der Waals surface area contributed by atoms with Crippen LogP contribution < -0.4 is 5.32 Å². The fourth-order valence-corrected chi connectivity index (χ4v) is 2.57. The highest BCUT2D eigenvalue weighted by molar-refractivity contribution is 7.08. The summed E-state index contributed by atoms with van der Waals surface area (Å²) in [6.07, 6.45) is 5.67. The van der Waals surface area contributed by atoms with E-state index in [1.807, 2.05) is 0 Å². The van der Waals surface area contributed by atoms with E-state index in [1.165, 1.54) is 5.56 Å². The normalized spacial score (nSPS) is 17.7. The summed E-state index contributed by atoms with van der Waals surface area (Å²) in [5.41, 5.74) is 1.33. The van der Waals surface area contributed by atoms with Gasteiger partial charge < -0.3 is 10.1 Å². The average Bonchev–Trinajstić information content (AvgIpc) is 2.85. The Morgan fingerprint density at radius 3 is 3.12 bits per heavy atom. The Hall–Kier alpha value is -0.800. The second kappa shape index (κ2) is 6.06. The molecular formula is C13H19NOS. The molecule has 3 heteroatoms. The standard InChI is InChI=1S/C13H19NOS/c1-2-7-14-13(11-6-9-16-10-11)12-5-3-4-8-15-12/h5-6,9-10,13-14H,2-4,7-8H2,1H3. The van der Waals surface area contributed by atoms with Crippen molar-refractivity contribution in [3.8, 4) is 0 Å². The molecule has 88 valence electrons. The van der Waals surface area contributed by atoms with Crippen molar-refractivity contribution < 1.29 is 4.74 Å². The van der Waals surface area contributed by atoms with Crippen molar-refractivity contribution in [3.63, 3.8) is 0 Å². The molecule has 0 fully saturated rings. The Balaban J connectivity index is 2.10. The predicted octanol–water partition coefficient (Wildman–Crippen LogP) is 3.48. The van der Waals surface area contributed by atoms with Crippen LogP contribution in [0, 0.1) is 0 Å². The molecule has 0 radical (unpaired) electrons. The van der Waals surface area contributed by atoms with Gasteiger partial charge in [0.05, 0.1) is 12.6 Å². The minimum Gasteiger partial charge on any atom is -0.496 e. The van der Waals surface area contributed by atoms with Crippen molar-refractivity contribution in [1.29, 1.82) is 0 Å². The molecule has 1 unspecified atom stereocenters. The van der Waals surface area contributed by atoms with Gasteiger partial charge in [-0.05, 0) is 54.3 Å². The molecule has 0 spiro atoms. The molecule has 1 aromatic rings. The molecule has 1 aliphatic rings. The van der Waals surface area contributed by atoms with Gasteiger partial charge in [0, 0.05) is 0 Å². The van der Waals surface area contributed by atoms with Gasteiger partial charge in [0.15, 0.2) is 0 Å². The van der Waals surface area contributed by atoms with E-state index in [9.17, 15) is 0 Å². The number of hydrogen-bond acceptors (Lipinski definition) is 3. The van der Waals surface area contributed by atoms with Crippen molar-refractivity contribution in [2.24, 2.45) is 0 Å². The van der Waals surface area contributed by atoms with E-state index in [2.05, 4.69) is 35.1 Å². The number of nitrogens with one attached hydrogen (secondary N) is 1. The first-order chi connectivity index (χ1) is 7.92. The van der Waals surface area contributed by atoms with Gasteiger partial charge in [0.1, 0.15) is 5.76 Å². The molecule has 0 amide bonds. The Labute approximate surface area is 101 Å². The van der Waals surface area contributed by atoms with Crippen LogP contribution in [0.1, 0.15) is 37.8 Å². The van der Waals surface area contributed by atoms with Crippen molar-refractivity contribution >= 4 is 11.3 Å². The summed E-state index contributed by atoms with van der Waals surface area (Å²) in [5.74, 6) is 1.11. The Kier molecular flexibility index (Phi) is 4.43. The monoisotopic (exact) mass is 237 g/mol. The number of rotatable bonds is 5. The quantitative estimate of drug-likeness (QED) is 0.846. The molecule has 0 bridgehead atoms. The molecule has 0 aromatic carbocycles. The van der Waals surface area contributed by atoms with Gasteiger partial charge in [0.2, 0.25) is 0 Å². The fourth-order valence-electron chi connectivity index (χ4n) is 1.89. The van der Waals surface area contributed by atoms with Gasteiger partial charge in [-0.15, -0.1) is 0 Å². The molecule has 0 aliphatic carbocycles. The molecule has 1 aliphatic heterocycles. The maximum Gasteiger partial charge on any atom is 0.113 e. The van der Waals surface area contributed by atoms with E-state index in [0.717, 1.165) is 38.2 Å². The zero-order valence-electron chi connectivity index (χ0n) is 9.74. The summed E-state index contributed by atoms with van der Waals surface area (Å²) in [6.45, 7) is 4.08. The van der Waals surface area contributed by atoms with Gasteiger partial charge in [-0.2, -0.15) is 11.3 Å². The maximum atomic E-state index is 5.76. The zero-order chi connectivity index (χ0) is 11.2. The first-order valence-electron chi connectivity index (χ1n) is 6.00. The van der Waals surface area contributed by atoms with E-state index < -0.39 is 0 Å². The molecule has 16 heavy (non-hydrogen) atoms. The minimum absolute atomic E-state index is 0.256. The van der Waals surface area contributed by atoms with Crippen LogP contribution in [0.4, 0.5) is 0 Å². The average molecular weight is 237 g/mol. The van der Waals surface area contributed by atoms with Gasteiger partial charge in [0.25, 0.3) is 0 Å². The van der Waals surface area contributed by atoms with Crippen LogP contribution in [0.25, 0.3) is 0 Å². The lowest BCUT2D eigenvalue weighted by atomic mass is 10.1. The number of thiophene rings is 1. The first kappa shape index (κ1) is 11.7. The van der Waals surface area contributed by atoms with Crippen LogP contribution >= 0.6 is 11.3 Å². The fraction of sp³-hybridized carbons (Fsp3) is 0.538. The number of hydrogen-bond donors (Lipinski definition) is 1. The second-order valence-electron chi connectivity index (χ2n) is 4.04. The summed E-state index contributed by atoms with van der Waals surface area (Å²) < 4.78 is 5.76. The van der Waals surface area contributed by atoms with Crippen LogP contribution in [0.15, 0.2) is 28.7 Å². The molecule has 2 heterocycles. The lowest BCUT2D eigenvalue weighted by molar-refractivity contribution is 0.168. The third-order valence-corrected chi connectivity index (χ3v) is 3.42. The summed E-state index contributed by atoms with van der Waals surface area (Å²) >= 11 is 1.74. The molecule has 0 saturated heterocycles. The minimum atomic E-state index is 0.256. The molecule has 2 nitrogen and oxygen atoms in total. The lowest BCUT2D eigenvalue weighted by Gasteiger charge is -2.24. The third-order valence-electron chi connectivity index (χ3n) is 2.72. The van der Waals surface area contributed by atoms with Crippen LogP contribution in [-0.4, -0.2) is 13.2 Å². The van der Waals surface area contributed by atoms with Crippen molar-refractivity contribution in [2.45, 2.75) is 32.2 Å². The Morgan fingerprint density at radius 1 is 1.56 bits per heavy atom. The molecule has 0 saturated carbocycles. The highest BCUT2D eigenvalue weighted by Gasteiger charge is 2.19. The first-order valence-corrected chi connectivity index (χ1v) is 6.94. The van der Waals surface area contributed by atoms with Crippen LogP contribution in [0.3, 0.4) is 0 Å². The number of ether oxygens (including phenoxy) is 1. The summed E-state index contributed by atoms with van der Waals surface area (Å²) in [6, 6.07) is 2.43. The third kappa shape index (κ3) is 2.86. The SMILES string of the molecule is CCCNC(C1=CCCCO1)c1ccsc1. The number of allylic oxidation sites excluding steroid dienone is 1. The van der Waals surface area contributed by atoms with Gasteiger partial charge in [-0.25, -0.2) is 0 Å². The van der Waals surface area contributed by atoms with Gasteiger partial charge in [-0.3, -0.25) is 0 Å². The smallest absolute Gasteiger partial charge is 0.113 e. The largest absolute Gasteiger partial charge is 0.496 e. The van der Waals surface area contributed by atoms with Crippen LogP contribution in [0.5, 0.6) is 0 Å². The van der Waals surface area contributed by atoms with E-state index in [0.29, 0.717) is 0 Å². The van der Waals surface area contributed by atoms with E-state index in [1.54, 1.807) is 11.3 Å². The zero-order valence-corrected chi connectivity index (χ0v) is 10.6. The maximum absolute atomic E-state index is 5.76. The lowest BCUT2D eigenvalue weighted by Crippen LogP contribution is -2.25. The molecule has 1 atom stereocenters. The van der Waals surface area contributed by atoms with Crippen molar-refractivity contribution in [1.82, 2.24) is 5.32 Å². The predicted molar refractivity (Wildman–Crippen MR) is 68.6 cm³/mol. The van der Waals surface area contributed by atoms with Crippen LogP contribution in [0.2, 0.25) is 0 Å². The molecular weight excluding hydrogens is 218 g/mol. The van der Waals surface area contributed by atoms with E-state index in [-0.39, 0.29) is 6.04 Å². The van der Waals surface area contributed by atoms with E-state index in [4.69, 9.17) is 4.74 Å². The summed E-state index contributed by atoms with van der Waals surface area (Å²) in [4.78, 5) is 0. The van der Waals surface area contributed by atoms with Gasteiger partial charge in [-0.1, -0.05) is 6.92 Å². The van der Waals surface area contributed by atoms with Gasteiger partial charge >= 0.3 is 0 Å². The highest BCUT2D eigenvalue weighted by Crippen LogP contribution is 2.27. The van der Waals surface area contributed by atoms with Crippen LogP contribution in [-0.2, 0) is 4.74 Å². The highest BCUT2D eigenvalue weighted by atomic mass is 32.1. The Bertz CT molecular complexity index is 332. The van der Waals surface area contributed by atoms with Crippen molar-refractivity contribution in [3.05, 3.63) is 34.2 Å². The Morgan fingerprint density at radius 2 is 2.50 bits per heavy atom. The van der Waals surface area contributed by atoms with Crippen molar-refractivity contribution in [2.75, 3.05) is 13.2 Å². The molecule has 1 aromatic heterocycles. The molecule has 2 rings (SSSR count). The summed E-state index contributed by atoms with van der Waals surface area (Å²) in [5, 5.41) is 7.88. The molecule has 1 N–H and O–H groups in total. The second-order valence-corrected chi connectivity index (χ2v) is 4.82. The summed E-state index contributed by atoms with van der Waals surface area (Å²) in [7, 11) is 0. The van der Waals surface area contributed by atoms with E-state index >= 15 is 0 Å². The topological polar surface area (TPSA) is 21.3 Å².